The van der Waals surface area contributed by atoms with E-state index in [1.165, 1.54) is 6.07 Å². The summed E-state index contributed by atoms with van der Waals surface area (Å²) in [5.74, 6) is 0.292. The third kappa shape index (κ3) is 4.50. The Labute approximate surface area is 115 Å². The molecule has 8 heteroatoms. The second kappa shape index (κ2) is 6.09. The lowest BCUT2D eigenvalue weighted by Gasteiger charge is -2.09. The molecule has 96 valence electrons. The minimum absolute atomic E-state index is 0.0732. The summed E-state index contributed by atoms with van der Waals surface area (Å²) in [4.78, 5) is 3.98. The molecule has 0 aromatic carbocycles. The van der Waals surface area contributed by atoms with E-state index in [9.17, 15) is 8.42 Å². The molecule has 0 aliphatic rings. The number of aromatic nitrogens is 1. The molecule has 1 N–H and O–H groups in total. The Hall–Kier alpha value is -0.230. The van der Waals surface area contributed by atoms with Crippen molar-refractivity contribution in [2.24, 2.45) is 0 Å². The predicted octanol–water partition coefficient (Wildman–Crippen LogP) is 3.07. The minimum Gasteiger partial charge on any atom is -0.266 e. The van der Waals surface area contributed by atoms with Gasteiger partial charge in [0, 0.05) is 5.88 Å². The number of alkyl halides is 1. The molecule has 0 amide bonds. The van der Waals surface area contributed by atoms with Crippen LogP contribution >= 0.6 is 34.8 Å². The van der Waals surface area contributed by atoms with Gasteiger partial charge in [0.2, 0.25) is 10.0 Å². The van der Waals surface area contributed by atoms with E-state index < -0.39 is 10.0 Å². The topological polar surface area (TPSA) is 59.1 Å². The standard InChI is InChI=1S/C9H11Cl3N2O2S/c1-6-7(11)5-8(12)9(13-6)14-17(15,16)4-2-3-10/h5H,2-4H2,1H3,(H,13,14). The van der Waals surface area contributed by atoms with Gasteiger partial charge in [0.25, 0.3) is 0 Å². The minimum atomic E-state index is -3.47. The molecule has 0 radical (unpaired) electrons. The maximum absolute atomic E-state index is 11.6. The zero-order chi connectivity index (χ0) is 13.1. The van der Waals surface area contributed by atoms with E-state index in [-0.39, 0.29) is 22.5 Å². The van der Waals surface area contributed by atoms with E-state index in [1.807, 2.05) is 0 Å². The Morgan fingerprint density at radius 3 is 2.59 bits per heavy atom. The molecule has 17 heavy (non-hydrogen) atoms. The number of rotatable bonds is 5. The summed E-state index contributed by atoms with van der Waals surface area (Å²) in [6.45, 7) is 1.66. The van der Waals surface area contributed by atoms with Gasteiger partial charge in [0.15, 0.2) is 5.82 Å². The molecular weight excluding hydrogens is 307 g/mol. The highest BCUT2D eigenvalue weighted by molar-refractivity contribution is 7.92. The third-order valence-corrected chi connectivity index (χ3v) is 4.17. The van der Waals surface area contributed by atoms with E-state index >= 15 is 0 Å². The predicted molar refractivity (Wildman–Crippen MR) is 71.7 cm³/mol. The average Bonchev–Trinajstić information content (AvgIpc) is 2.23. The van der Waals surface area contributed by atoms with Crippen molar-refractivity contribution in [3.8, 4) is 0 Å². The SMILES string of the molecule is Cc1nc(NS(=O)(=O)CCCCl)c(Cl)cc1Cl. The van der Waals surface area contributed by atoms with Crippen LogP contribution in [0, 0.1) is 6.92 Å². The Morgan fingerprint density at radius 2 is 2.00 bits per heavy atom. The summed E-state index contributed by atoms with van der Waals surface area (Å²) in [6.07, 6.45) is 0.362. The van der Waals surface area contributed by atoms with E-state index in [0.29, 0.717) is 17.1 Å². The van der Waals surface area contributed by atoms with Gasteiger partial charge >= 0.3 is 0 Å². The first-order valence-electron chi connectivity index (χ1n) is 4.75. The van der Waals surface area contributed by atoms with Crippen molar-refractivity contribution < 1.29 is 8.42 Å². The smallest absolute Gasteiger partial charge is 0.233 e. The summed E-state index contributed by atoms with van der Waals surface area (Å²) in [6, 6.07) is 1.45. The van der Waals surface area contributed by atoms with Crippen LogP contribution in [0.2, 0.25) is 10.0 Å². The van der Waals surface area contributed by atoms with Crippen molar-refractivity contribution in [3.63, 3.8) is 0 Å². The fourth-order valence-electron chi connectivity index (χ4n) is 1.07. The van der Waals surface area contributed by atoms with Crippen molar-refractivity contribution in [1.82, 2.24) is 4.98 Å². The van der Waals surface area contributed by atoms with Crippen LogP contribution < -0.4 is 4.72 Å². The lowest BCUT2D eigenvalue weighted by atomic mass is 10.4. The first-order chi connectivity index (χ1) is 7.85. The van der Waals surface area contributed by atoms with Gasteiger partial charge in [-0.2, -0.15) is 0 Å². The normalized spacial score (nSPS) is 11.5. The van der Waals surface area contributed by atoms with Gasteiger partial charge in [0.05, 0.1) is 21.5 Å². The Kier molecular flexibility index (Phi) is 5.31. The maximum Gasteiger partial charge on any atom is 0.233 e. The molecule has 0 bridgehead atoms. The molecule has 1 aromatic heterocycles. The summed E-state index contributed by atoms with van der Waals surface area (Å²) in [7, 11) is -3.47. The Bertz CT molecular complexity index is 505. The fourth-order valence-corrected chi connectivity index (χ4v) is 2.90. The zero-order valence-corrected chi connectivity index (χ0v) is 12.1. The number of nitrogens with zero attached hydrogens (tertiary/aromatic N) is 1. The summed E-state index contributed by atoms with van der Waals surface area (Å²) < 4.78 is 25.5. The number of hydrogen-bond acceptors (Lipinski definition) is 3. The zero-order valence-electron chi connectivity index (χ0n) is 9.00. The van der Waals surface area contributed by atoms with E-state index in [4.69, 9.17) is 34.8 Å². The molecule has 1 heterocycles. The number of anilines is 1. The van der Waals surface area contributed by atoms with Gasteiger partial charge in [-0.15, -0.1) is 11.6 Å². The van der Waals surface area contributed by atoms with Crippen LogP contribution in [0.1, 0.15) is 12.1 Å². The average molecular weight is 318 g/mol. The van der Waals surface area contributed by atoms with Gasteiger partial charge in [-0.3, -0.25) is 4.72 Å². The molecule has 1 rings (SSSR count). The summed E-state index contributed by atoms with van der Waals surface area (Å²) in [5.41, 5.74) is 0.506. The number of pyridine rings is 1. The number of sulfonamides is 1. The monoisotopic (exact) mass is 316 g/mol. The van der Waals surface area contributed by atoms with Gasteiger partial charge in [-0.25, -0.2) is 13.4 Å². The molecule has 4 nitrogen and oxygen atoms in total. The lowest BCUT2D eigenvalue weighted by molar-refractivity contribution is 0.600. The molecule has 0 spiro atoms. The Balaban J connectivity index is 2.92. The van der Waals surface area contributed by atoms with Crippen LogP contribution in [-0.2, 0) is 10.0 Å². The number of nitrogens with one attached hydrogen (secondary N) is 1. The number of hydrogen-bond donors (Lipinski definition) is 1. The Morgan fingerprint density at radius 1 is 1.35 bits per heavy atom. The van der Waals surface area contributed by atoms with Gasteiger partial charge in [0.1, 0.15) is 0 Å². The highest BCUT2D eigenvalue weighted by Gasteiger charge is 2.14. The first-order valence-corrected chi connectivity index (χ1v) is 7.69. The van der Waals surface area contributed by atoms with Crippen LogP contribution in [0.25, 0.3) is 0 Å². The molecule has 0 saturated carbocycles. The van der Waals surface area contributed by atoms with Crippen LogP contribution in [-0.4, -0.2) is 25.0 Å². The number of aryl methyl sites for hydroxylation is 1. The van der Waals surface area contributed by atoms with E-state index in [0.717, 1.165) is 0 Å². The molecule has 0 unspecified atom stereocenters. The third-order valence-electron chi connectivity index (χ3n) is 1.90. The number of halogens is 3. The second-order valence-corrected chi connectivity index (χ2v) is 6.38. The van der Waals surface area contributed by atoms with Crippen LogP contribution in [0.4, 0.5) is 5.82 Å². The van der Waals surface area contributed by atoms with Crippen LogP contribution in [0.15, 0.2) is 6.07 Å². The molecule has 0 aliphatic heterocycles. The molecule has 0 fully saturated rings. The quantitative estimate of drug-likeness (QED) is 0.849. The second-order valence-electron chi connectivity index (χ2n) is 3.35. The van der Waals surface area contributed by atoms with E-state index in [2.05, 4.69) is 9.71 Å². The van der Waals surface area contributed by atoms with Gasteiger partial charge in [-0.05, 0) is 19.4 Å². The van der Waals surface area contributed by atoms with Crippen LogP contribution in [0.3, 0.4) is 0 Å². The van der Waals surface area contributed by atoms with Crippen molar-refractivity contribution in [2.75, 3.05) is 16.4 Å². The van der Waals surface area contributed by atoms with Gasteiger partial charge < -0.3 is 0 Å². The highest BCUT2D eigenvalue weighted by Crippen LogP contribution is 2.26. The molecule has 0 atom stereocenters. The van der Waals surface area contributed by atoms with Crippen LogP contribution in [0.5, 0.6) is 0 Å². The molecule has 0 saturated heterocycles. The van der Waals surface area contributed by atoms with Crippen molar-refractivity contribution in [1.29, 1.82) is 0 Å². The van der Waals surface area contributed by atoms with Crippen molar-refractivity contribution in [2.45, 2.75) is 13.3 Å². The highest BCUT2D eigenvalue weighted by atomic mass is 35.5. The maximum atomic E-state index is 11.6. The van der Waals surface area contributed by atoms with Gasteiger partial charge in [-0.1, -0.05) is 23.2 Å². The van der Waals surface area contributed by atoms with Crippen molar-refractivity contribution in [3.05, 3.63) is 21.8 Å². The molecule has 1 aromatic rings. The molecule has 0 aliphatic carbocycles. The fraction of sp³-hybridized carbons (Fsp3) is 0.444. The largest absolute Gasteiger partial charge is 0.266 e. The lowest BCUT2D eigenvalue weighted by Crippen LogP contribution is -2.18. The summed E-state index contributed by atoms with van der Waals surface area (Å²) >= 11 is 17.1. The van der Waals surface area contributed by atoms with Crippen molar-refractivity contribution >= 4 is 50.6 Å². The molecular formula is C9H11Cl3N2O2S. The van der Waals surface area contributed by atoms with E-state index in [1.54, 1.807) is 6.92 Å². The summed E-state index contributed by atoms with van der Waals surface area (Å²) in [5, 5.41) is 0.550. The first kappa shape index (κ1) is 14.8.